The monoisotopic (exact) mass is 451 g/mol. The van der Waals surface area contributed by atoms with Crippen molar-refractivity contribution in [2.75, 3.05) is 19.0 Å². The van der Waals surface area contributed by atoms with Gasteiger partial charge >= 0.3 is 0 Å². The number of nitrogens with two attached hydrogens (primary N) is 1. The highest BCUT2D eigenvalue weighted by atomic mass is 127. The Kier molecular flexibility index (Phi) is 7.98. The summed E-state index contributed by atoms with van der Waals surface area (Å²) >= 11 is 7.75. The Hall–Kier alpha value is -0.990. The maximum absolute atomic E-state index is 6.06. The Bertz CT molecular complexity index is 619. The van der Waals surface area contributed by atoms with Gasteiger partial charge in [0.05, 0.1) is 12.1 Å². The molecule has 0 aliphatic heterocycles. The van der Waals surface area contributed by atoms with Crippen molar-refractivity contribution in [1.29, 1.82) is 0 Å². The van der Waals surface area contributed by atoms with Crippen LogP contribution in [0, 0.1) is 0 Å². The highest BCUT2D eigenvalue weighted by Gasteiger charge is 2.06. The topological polar surface area (TPSA) is 59.6 Å². The Labute approximate surface area is 156 Å². The molecule has 1 aromatic carbocycles. The summed E-state index contributed by atoms with van der Waals surface area (Å²) in [4.78, 5) is 4.36. The van der Waals surface area contributed by atoms with Gasteiger partial charge in [-0.2, -0.15) is 11.3 Å². The third-order valence-electron chi connectivity index (χ3n) is 3.07. The molecule has 120 valence electrons. The molecule has 4 nitrogen and oxygen atoms in total. The summed E-state index contributed by atoms with van der Waals surface area (Å²) in [6.45, 7) is 2.77. The Morgan fingerprint density at radius 2 is 2.23 bits per heavy atom. The summed E-state index contributed by atoms with van der Waals surface area (Å²) in [5, 5.41) is 7.75. The van der Waals surface area contributed by atoms with Crippen LogP contribution in [0.2, 0.25) is 5.02 Å². The molecule has 0 saturated carbocycles. The van der Waals surface area contributed by atoms with E-state index in [0.717, 1.165) is 5.69 Å². The fraction of sp³-hybridized carbons (Fsp3) is 0.267. The van der Waals surface area contributed by atoms with Crippen LogP contribution in [0.25, 0.3) is 0 Å². The Balaban J connectivity index is 0.00000242. The number of nitrogens with zero attached hydrogens (tertiary/aromatic N) is 1. The smallest absolute Gasteiger partial charge is 0.193 e. The van der Waals surface area contributed by atoms with Gasteiger partial charge in [-0.3, -0.25) is 4.99 Å². The minimum absolute atomic E-state index is 0. The fourth-order valence-electron chi connectivity index (χ4n) is 1.83. The standard InChI is InChI=1S/C15H18ClN3OS.HI/c1-10(11-5-6-21-9-11)8-18-15(17)19-12-3-4-14(20-2)13(16)7-12;/h3-7,9-10H,8H2,1-2H3,(H3,17,18,19);1H. The van der Waals surface area contributed by atoms with Crippen LogP contribution in [0.3, 0.4) is 0 Å². The van der Waals surface area contributed by atoms with Gasteiger partial charge in [0.25, 0.3) is 0 Å². The molecule has 0 fully saturated rings. The number of methoxy groups -OCH3 is 1. The highest BCUT2D eigenvalue weighted by molar-refractivity contribution is 14.0. The van der Waals surface area contributed by atoms with Gasteiger partial charge in [0.2, 0.25) is 0 Å². The first-order valence-corrected chi connectivity index (χ1v) is 7.85. The number of rotatable bonds is 5. The summed E-state index contributed by atoms with van der Waals surface area (Å²) in [5.74, 6) is 1.35. The first-order valence-electron chi connectivity index (χ1n) is 6.52. The van der Waals surface area contributed by atoms with Crippen LogP contribution in [0.1, 0.15) is 18.4 Å². The van der Waals surface area contributed by atoms with E-state index >= 15 is 0 Å². The van der Waals surface area contributed by atoms with E-state index in [-0.39, 0.29) is 24.0 Å². The molecule has 1 heterocycles. The number of hydrogen-bond acceptors (Lipinski definition) is 3. The maximum Gasteiger partial charge on any atom is 0.193 e. The van der Waals surface area contributed by atoms with Gasteiger partial charge in [-0.1, -0.05) is 18.5 Å². The molecule has 22 heavy (non-hydrogen) atoms. The van der Waals surface area contributed by atoms with Crippen LogP contribution in [0.4, 0.5) is 5.69 Å². The summed E-state index contributed by atoms with van der Waals surface area (Å²) in [5.41, 5.74) is 7.96. The lowest BCUT2D eigenvalue weighted by Gasteiger charge is -2.10. The minimum Gasteiger partial charge on any atom is -0.495 e. The lowest BCUT2D eigenvalue weighted by molar-refractivity contribution is 0.415. The molecule has 7 heteroatoms. The van der Waals surface area contributed by atoms with Crippen LogP contribution >= 0.6 is 46.9 Å². The second-order valence-corrected chi connectivity index (χ2v) is 5.85. The normalized spacial score (nSPS) is 12.4. The van der Waals surface area contributed by atoms with E-state index in [1.807, 2.05) is 6.07 Å². The molecule has 1 aromatic heterocycles. The number of aliphatic imine (C=N–C) groups is 1. The van der Waals surface area contributed by atoms with Gasteiger partial charge in [0.1, 0.15) is 5.75 Å². The molecule has 0 saturated heterocycles. The summed E-state index contributed by atoms with van der Waals surface area (Å²) < 4.78 is 5.11. The Morgan fingerprint density at radius 1 is 1.45 bits per heavy atom. The van der Waals surface area contributed by atoms with Crippen molar-refractivity contribution in [3.05, 3.63) is 45.6 Å². The molecule has 0 amide bonds. The third kappa shape index (κ3) is 5.33. The number of guanidine groups is 1. The molecule has 0 spiro atoms. The third-order valence-corrected chi connectivity index (χ3v) is 4.07. The number of benzene rings is 1. The highest BCUT2D eigenvalue weighted by Crippen LogP contribution is 2.27. The predicted octanol–water partition coefficient (Wildman–Crippen LogP) is 4.56. The van der Waals surface area contributed by atoms with Gasteiger partial charge < -0.3 is 15.8 Å². The van der Waals surface area contributed by atoms with E-state index in [9.17, 15) is 0 Å². The lowest BCUT2D eigenvalue weighted by atomic mass is 10.1. The second kappa shape index (κ2) is 9.22. The van der Waals surface area contributed by atoms with Crippen molar-refractivity contribution in [3.63, 3.8) is 0 Å². The van der Waals surface area contributed by atoms with E-state index in [0.29, 0.717) is 29.2 Å². The summed E-state index contributed by atoms with van der Waals surface area (Å²) in [7, 11) is 1.58. The van der Waals surface area contributed by atoms with Crippen molar-refractivity contribution in [2.24, 2.45) is 10.7 Å². The van der Waals surface area contributed by atoms with Crippen LogP contribution < -0.4 is 15.8 Å². The number of halogens is 2. The van der Waals surface area contributed by atoms with Gasteiger partial charge in [-0.25, -0.2) is 0 Å². The molecule has 2 rings (SSSR count). The van der Waals surface area contributed by atoms with Crippen LogP contribution in [0.15, 0.2) is 40.0 Å². The summed E-state index contributed by atoms with van der Waals surface area (Å²) in [6.07, 6.45) is 0. The number of thiophene rings is 1. The van der Waals surface area contributed by atoms with Gasteiger partial charge in [0, 0.05) is 18.2 Å². The number of hydrogen-bond donors (Lipinski definition) is 2. The zero-order valence-electron chi connectivity index (χ0n) is 12.4. The van der Waals surface area contributed by atoms with E-state index in [1.165, 1.54) is 5.56 Å². The molecular weight excluding hydrogens is 433 g/mol. The molecule has 0 radical (unpaired) electrons. The number of anilines is 1. The SMILES string of the molecule is COc1ccc(NC(N)=NCC(C)c2ccsc2)cc1Cl.I. The van der Waals surface area contributed by atoms with E-state index in [4.69, 9.17) is 22.1 Å². The van der Waals surface area contributed by atoms with Crippen LogP contribution in [-0.2, 0) is 0 Å². The van der Waals surface area contributed by atoms with E-state index < -0.39 is 0 Å². The van der Waals surface area contributed by atoms with Crippen molar-refractivity contribution >= 4 is 58.6 Å². The van der Waals surface area contributed by atoms with Crippen LogP contribution in [0.5, 0.6) is 5.75 Å². The van der Waals surface area contributed by atoms with Crippen LogP contribution in [-0.4, -0.2) is 19.6 Å². The van der Waals surface area contributed by atoms with Gasteiger partial charge in [0.15, 0.2) is 5.96 Å². The molecule has 0 aliphatic rings. The molecule has 0 aliphatic carbocycles. The average Bonchev–Trinajstić information content (AvgIpc) is 2.99. The zero-order chi connectivity index (χ0) is 15.2. The fourth-order valence-corrected chi connectivity index (χ4v) is 2.87. The first kappa shape index (κ1) is 19.1. The minimum atomic E-state index is 0. The second-order valence-electron chi connectivity index (χ2n) is 4.66. The lowest BCUT2D eigenvalue weighted by Crippen LogP contribution is -2.23. The van der Waals surface area contributed by atoms with Crippen molar-refractivity contribution in [3.8, 4) is 5.75 Å². The predicted molar refractivity (Wildman–Crippen MR) is 106 cm³/mol. The van der Waals surface area contributed by atoms with Crippen molar-refractivity contribution in [2.45, 2.75) is 12.8 Å². The summed E-state index contributed by atoms with van der Waals surface area (Å²) in [6, 6.07) is 7.49. The number of ether oxygens (including phenoxy) is 1. The maximum atomic E-state index is 6.06. The van der Waals surface area contributed by atoms with E-state index in [2.05, 4.69) is 34.1 Å². The van der Waals surface area contributed by atoms with Gasteiger partial charge in [-0.05, 0) is 40.6 Å². The molecule has 2 aromatic rings. The quantitative estimate of drug-likeness (QED) is 0.398. The molecule has 0 bridgehead atoms. The molecular formula is C15H19ClIN3OS. The zero-order valence-corrected chi connectivity index (χ0v) is 16.3. The molecule has 1 atom stereocenters. The number of nitrogens with one attached hydrogen (secondary N) is 1. The molecule has 3 N–H and O–H groups in total. The largest absolute Gasteiger partial charge is 0.495 e. The van der Waals surface area contributed by atoms with E-state index in [1.54, 1.807) is 30.6 Å². The first-order chi connectivity index (χ1) is 10.1. The average molecular weight is 452 g/mol. The van der Waals surface area contributed by atoms with Crippen molar-refractivity contribution in [1.82, 2.24) is 0 Å². The van der Waals surface area contributed by atoms with Gasteiger partial charge in [-0.15, -0.1) is 24.0 Å². The Morgan fingerprint density at radius 3 is 2.82 bits per heavy atom. The molecule has 1 unspecified atom stereocenters. The van der Waals surface area contributed by atoms with Crippen molar-refractivity contribution < 1.29 is 4.74 Å².